The number of benzene rings is 1. The summed E-state index contributed by atoms with van der Waals surface area (Å²) >= 11 is 5.65. The Bertz CT molecular complexity index is 498. The molecule has 5 nitrogen and oxygen atoms in total. The summed E-state index contributed by atoms with van der Waals surface area (Å²) < 4.78 is 33.3. The average molecular weight is 305 g/mol. The fourth-order valence-corrected chi connectivity index (χ4v) is 3.26. The van der Waals surface area contributed by atoms with Crippen molar-refractivity contribution in [1.82, 2.24) is 4.31 Å². The van der Waals surface area contributed by atoms with Crippen LogP contribution in [-0.2, 0) is 21.4 Å². The van der Waals surface area contributed by atoms with Crippen molar-refractivity contribution >= 4 is 27.5 Å². The van der Waals surface area contributed by atoms with E-state index in [1.165, 1.54) is 4.31 Å². The van der Waals surface area contributed by atoms with Gasteiger partial charge in [0.2, 0.25) is 0 Å². The first kappa shape index (κ1) is 14.6. The highest BCUT2D eigenvalue weighted by Crippen LogP contribution is 2.14. The molecule has 0 unspecified atom stereocenters. The number of alkyl halides is 1. The predicted molar refractivity (Wildman–Crippen MR) is 75.8 cm³/mol. The van der Waals surface area contributed by atoms with Crippen LogP contribution in [0.4, 0.5) is 5.69 Å². The Morgan fingerprint density at radius 2 is 1.84 bits per heavy atom. The summed E-state index contributed by atoms with van der Waals surface area (Å²) in [5.74, 6) is 0.554. The first-order valence-corrected chi connectivity index (χ1v) is 8.10. The summed E-state index contributed by atoms with van der Waals surface area (Å²) in [5.41, 5.74) is 1.65. The molecule has 7 heteroatoms. The van der Waals surface area contributed by atoms with Crippen molar-refractivity contribution < 1.29 is 13.2 Å². The molecular weight excluding hydrogens is 288 g/mol. The molecule has 0 aromatic heterocycles. The lowest BCUT2D eigenvalue weighted by molar-refractivity contribution is 0.0733. The number of nitrogens with one attached hydrogen (secondary N) is 1. The smallest absolute Gasteiger partial charge is 0.301 e. The molecule has 0 radical (unpaired) electrons. The second-order valence-corrected chi connectivity index (χ2v) is 6.30. The van der Waals surface area contributed by atoms with Crippen LogP contribution in [0, 0.1) is 0 Å². The lowest BCUT2D eigenvalue weighted by Crippen LogP contribution is -2.43. The minimum absolute atomic E-state index is 0.389. The molecule has 1 heterocycles. The normalized spacial score (nSPS) is 17.3. The minimum atomic E-state index is -3.48. The largest absolute Gasteiger partial charge is 0.379 e. The molecule has 1 aromatic rings. The first-order chi connectivity index (χ1) is 9.12. The molecule has 2 rings (SSSR count). The van der Waals surface area contributed by atoms with Crippen LogP contribution in [0.25, 0.3) is 0 Å². The third-order valence-corrected chi connectivity index (χ3v) is 4.62. The number of morpholine rings is 1. The summed E-state index contributed by atoms with van der Waals surface area (Å²) in [5, 5.41) is 0. The number of hydrogen-bond donors (Lipinski definition) is 1. The zero-order chi connectivity index (χ0) is 13.7. The fourth-order valence-electron chi connectivity index (χ4n) is 1.85. The molecule has 1 aliphatic heterocycles. The first-order valence-electron chi connectivity index (χ1n) is 6.12. The number of anilines is 1. The monoisotopic (exact) mass is 304 g/mol. The van der Waals surface area contributed by atoms with Gasteiger partial charge in [0.25, 0.3) is 0 Å². The van der Waals surface area contributed by atoms with E-state index >= 15 is 0 Å². The fraction of sp³-hybridized carbons (Fsp3) is 0.500. The van der Waals surface area contributed by atoms with Crippen molar-refractivity contribution in [3.05, 3.63) is 29.8 Å². The summed E-state index contributed by atoms with van der Waals surface area (Å²) in [6, 6.07) is 7.25. The number of rotatable bonds is 5. The zero-order valence-corrected chi connectivity index (χ0v) is 12.1. The van der Waals surface area contributed by atoms with Gasteiger partial charge < -0.3 is 4.74 Å². The van der Waals surface area contributed by atoms with E-state index in [2.05, 4.69) is 4.72 Å². The number of nitrogens with zero attached hydrogens (tertiary/aromatic N) is 1. The molecule has 0 amide bonds. The van der Waals surface area contributed by atoms with Gasteiger partial charge in [-0.2, -0.15) is 12.7 Å². The van der Waals surface area contributed by atoms with Gasteiger partial charge in [-0.1, -0.05) is 12.1 Å². The van der Waals surface area contributed by atoms with Gasteiger partial charge in [-0.05, 0) is 24.1 Å². The van der Waals surface area contributed by atoms with Crippen LogP contribution in [0.2, 0.25) is 0 Å². The molecule has 1 aromatic carbocycles. The number of hydrogen-bond acceptors (Lipinski definition) is 3. The van der Waals surface area contributed by atoms with Crippen molar-refractivity contribution in [2.24, 2.45) is 0 Å². The third kappa shape index (κ3) is 4.07. The van der Waals surface area contributed by atoms with Gasteiger partial charge in [0.1, 0.15) is 0 Å². The Balaban J connectivity index is 2.02. The average Bonchev–Trinajstić information content (AvgIpc) is 2.42. The summed E-state index contributed by atoms with van der Waals surface area (Å²) in [4.78, 5) is 0. The van der Waals surface area contributed by atoms with Crippen LogP contribution >= 0.6 is 11.6 Å². The second-order valence-electron chi connectivity index (χ2n) is 4.25. The summed E-state index contributed by atoms with van der Waals surface area (Å²) in [6.07, 6.45) is 0.776. The van der Waals surface area contributed by atoms with Crippen LogP contribution in [0.5, 0.6) is 0 Å². The van der Waals surface area contributed by atoms with E-state index in [9.17, 15) is 8.42 Å². The van der Waals surface area contributed by atoms with Crippen molar-refractivity contribution in [3.63, 3.8) is 0 Å². The van der Waals surface area contributed by atoms with E-state index in [1.807, 2.05) is 12.1 Å². The predicted octanol–water partition coefficient (Wildman–Crippen LogP) is 1.46. The van der Waals surface area contributed by atoms with E-state index in [1.54, 1.807) is 12.1 Å². The van der Waals surface area contributed by atoms with Gasteiger partial charge in [-0.3, -0.25) is 4.72 Å². The second kappa shape index (κ2) is 6.56. The Morgan fingerprint density at radius 3 is 2.42 bits per heavy atom. The van der Waals surface area contributed by atoms with E-state index in [0.29, 0.717) is 37.9 Å². The van der Waals surface area contributed by atoms with Gasteiger partial charge >= 0.3 is 10.2 Å². The molecule has 0 aliphatic carbocycles. The maximum atomic E-state index is 12.1. The van der Waals surface area contributed by atoms with Crippen LogP contribution < -0.4 is 4.72 Å². The highest BCUT2D eigenvalue weighted by Gasteiger charge is 2.23. The Hall–Kier alpha value is -0.820. The van der Waals surface area contributed by atoms with E-state index < -0.39 is 10.2 Å². The van der Waals surface area contributed by atoms with Gasteiger partial charge in [-0.15, -0.1) is 11.6 Å². The number of halogens is 1. The molecule has 1 fully saturated rings. The van der Waals surface area contributed by atoms with Crippen LogP contribution in [0.15, 0.2) is 24.3 Å². The highest BCUT2D eigenvalue weighted by atomic mass is 35.5. The zero-order valence-electron chi connectivity index (χ0n) is 10.5. The standard InChI is InChI=1S/C12H17ClN2O3S/c13-6-5-11-1-3-12(4-2-11)14-19(16,17)15-7-9-18-10-8-15/h1-4,14H,5-10H2. The molecule has 0 spiro atoms. The molecule has 1 N–H and O–H groups in total. The third-order valence-electron chi connectivity index (χ3n) is 2.89. The minimum Gasteiger partial charge on any atom is -0.379 e. The lowest BCUT2D eigenvalue weighted by Gasteiger charge is -2.26. The topological polar surface area (TPSA) is 58.6 Å². The SMILES string of the molecule is O=S(=O)(Nc1ccc(CCCl)cc1)N1CCOCC1. The van der Waals surface area contributed by atoms with Crippen LogP contribution in [0.3, 0.4) is 0 Å². The highest BCUT2D eigenvalue weighted by molar-refractivity contribution is 7.90. The maximum Gasteiger partial charge on any atom is 0.301 e. The van der Waals surface area contributed by atoms with Crippen LogP contribution in [0.1, 0.15) is 5.56 Å². The Morgan fingerprint density at radius 1 is 1.21 bits per heavy atom. The lowest BCUT2D eigenvalue weighted by atomic mass is 10.2. The Kier molecular flexibility index (Phi) is 5.04. The van der Waals surface area contributed by atoms with Crippen molar-refractivity contribution in [2.45, 2.75) is 6.42 Å². The molecule has 1 aliphatic rings. The van der Waals surface area contributed by atoms with Gasteiger partial charge in [0, 0.05) is 24.7 Å². The van der Waals surface area contributed by atoms with Gasteiger partial charge in [0.15, 0.2) is 0 Å². The van der Waals surface area contributed by atoms with Gasteiger partial charge in [-0.25, -0.2) is 0 Å². The summed E-state index contributed by atoms with van der Waals surface area (Å²) in [6.45, 7) is 1.66. The number of aryl methyl sites for hydroxylation is 1. The summed E-state index contributed by atoms with van der Waals surface area (Å²) in [7, 11) is -3.48. The van der Waals surface area contributed by atoms with Crippen molar-refractivity contribution in [2.75, 3.05) is 36.9 Å². The molecule has 19 heavy (non-hydrogen) atoms. The molecular formula is C12H17ClN2O3S. The molecule has 1 saturated heterocycles. The van der Waals surface area contributed by atoms with Crippen molar-refractivity contribution in [3.8, 4) is 0 Å². The van der Waals surface area contributed by atoms with E-state index in [-0.39, 0.29) is 0 Å². The molecule has 0 saturated carbocycles. The maximum absolute atomic E-state index is 12.1. The molecule has 0 bridgehead atoms. The molecule has 0 atom stereocenters. The Labute approximate surface area is 118 Å². The van der Waals surface area contributed by atoms with Gasteiger partial charge in [0.05, 0.1) is 13.2 Å². The van der Waals surface area contributed by atoms with Crippen molar-refractivity contribution in [1.29, 1.82) is 0 Å². The van der Waals surface area contributed by atoms with Crippen LogP contribution in [-0.4, -0.2) is 44.9 Å². The quantitative estimate of drug-likeness (QED) is 0.838. The van der Waals surface area contributed by atoms with E-state index in [0.717, 1.165) is 12.0 Å². The van der Waals surface area contributed by atoms with E-state index in [4.69, 9.17) is 16.3 Å². The number of ether oxygens (including phenoxy) is 1. The molecule has 106 valence electrons.